The molecule has 0 spiro atoms. The molecule has 0 aliphatic heterocycles. The molecule has 0 unspecified atom stereocenters. The first kappa shape index (κ1) is 20.5. The van der Waals surface area contributed by atoms with Gasteiger partial charge in [0.25, 0.3) is 5.56 Å². The van der Waals surface area contributed by atoms with Crippen molar-refractivity contribution in [2.24, 2.45) is 4.99 Å². The number of ether oxygens (including phenoxy) is 1. The summed E-state index contributed by atoms with van der Waals surface area (Å²) in [4.78, 5) is 30.7. The van der Waals surface area contributed by atoms with E-state index >= 15 is 0 Å². The number of aromatic amines is 1. The molecule has 1 aromatic heterocycles. The molecule has 0 amide bonds. The maximum Gasteiger partial charge on any atom is 0.338 e. The van der Waals surface area contributed by atoms with Crippen molar-refractivity contribution in [2.45, 2.75) is 6.92 Å². The van der Waals surface area contributed by atoms with Gasteiger partial charge >= 0.3 is 5.97 Å². The predicted octanol–water partition coefficient (Wildman–Crippen LogP) is 4.18. The van der Waals surface area contributed by atoms with E-state index in [1.165, 1.54) is 10.8 Å². The highest BCUT2D eigenvalue weighted by Crippen LogP contribution is 2.21. The van der Waals surface area contributed by atoms with Crippen LogP contribution in [0.25, 0.3) is 5.69 Å². The van der Waals surface area contributed by atoms with E-state index in [2.05, 4.69) is 9.98 Å². The maximum atomic E-state index is 12.3. The molecule has 2 aromatic carbocycles. The quantitative estimate of drug-likeness (QED) is 0.360. The standard InChI is InChI=1S/C20H16ClN3O4S/c1-2-28-19(27)12-3-7-14(8-4-12)22-11-16-17(25)23-20(29)24(18(16)26)15-9-5-13(21)6-10-15/h3-11,26H,2H2,1H3,(H,23,25,29). The van der Waals surface area contributed by atoms with Gasteiger partial charge in [0.1, 0.15) is 5.56 Å². The van der Waals surface area contributed by atoms with Crippen LogP contribution >= 0.6 is 23.8 Å². The Morgan fingerprint density at radius 3 is 2.52 bits per heavy atom. The van der Waals surface area contributed by atoms with Gasteiger partial charge in [0.05, 0.1) is 23.5 Å². The monoisotopic (exact) mass is 429 g/mol. The third-order valence-electron chi connectivity index (χ3n) is 3.93. The topological polar surface area (TPSA) is 96.7 Å². The summed E-state index contributed by atoms with van der Waals surface area (Å²) in [6, 6.07) is 12.9. The fraction of sp³-hybridized carbons (Fsp3) is 0.100. The number of hydrogen-bond acceptors (Lipinski definition) is 6. The average molecular weight is 430 g/mol. The number of nitrogens with zero attached hydrogens (tertiary/aromatic N) is 2. The van der Waals surface area contributed by atoms with E-state index in [0.29, 0.717) is 22.0 Å². The lowest BCUT2D eigenvalue weighted by Gasteiger charge is -2.11. The Balaban J connectivity index is 1.96. The van der Waals surface area contributed by atoms with Crippen LogP contribution in [0.15, 0.2) is 58.3 Å². The van der Waals surface area contributed by atoms with Crippen LogP contribution in [0.5, 0.6) is 5.88 Å². The van der Waals surface area contributed by atoms with Crippen molar-refractivity contribution in [3.63, 3.8) is 0 Å². The van der Waals surface area contributed by atoms with E-state index in [-0.39, 0.29) is 22.8 Å². The molecule has 0 saturated heterocycles. The molecular weight excluding hydrogens is 414 g/mol. The van der Waals surface area contributed by atoms with Crippen molar-refractivity contribution in [2.75, 3.05) is 6.61 Å². The molecule has 2 N–H and O–H groups in total. The van der Waals surface area contributed by atoms with Crippen molar-refractivity contribution >= 4 is 41.7 Å². The number of aromatic nitrogens is 2. The lowest BCUT2D eigenvalue weighted by Crippen LogP contribution is -2.18. The molecule has 0 aliphatic rings. The van der Waals surface area contributed by atoms with Gasteiger partial charge in [-0.3, -0.25) is 19.3 Å². The van der Waals surface area contributed by atoms with Gasteiger partial charge in [0.2, 0.25) is 5.88 Å². The maximum absolute atomic E-state index is 12.3. The number of aromatic hydroxyl groups is 1. The van der Waals surface area contributed by atoms with Crippen LogP contribution in [0.4, 0.5) is 5.69 Å². The predicted molar refractivity (Wildman–Crippen MR) is 114 cm³/mol. The zero-order valence-electron chi connectivity index (χ0n) is 15.3. The van der Waals surface area contributed by atoms with Gasteiger partial charge in [-0.25, -0.2) is 4.79 Å². The van der Waals surface area contributed by atoms with Crippen LogP contribution in [0.1, 0.15) is 22.8 Å². The van der Waals surface area contributed by atoms with Crippen molar-refractivity contribution < 1.29 is 14.6 Å². The second-order valence-electron chi connectivity index (χ2n) is 5.83. The van der Waals surface area contributed by atoms with E-state index in [1.807, 2.05) is 0 Å². The Kier molecular flexibility index (Phi) is 6.26. The third-order valence-corrected chi connectivity index (χ3v) is 4.46. The molecule has 148 valence electrons. The normalized spacial score (nSPS) is 11.0. The Bertz CT molecular complexity index is 1180. The molecule has 9 heteroatoms. The molecule has 0 radical (unpaired) electrons. The summed E-state index contributed by atoms with van der Waals surface area (Å²) >= 11 is 11.1. The third kappa shape index (κ3) is 4.61. The minimum atomic E-state index is -0.579. The van der Waals surface area contributed by atoms with E-state index < -0.39 is 11.5 Å². The van der Waals surface area contributed by atoms with Gasteiger partial charge in [-0.15, -0.1) is 0 Å². The molecule has 29 heavy (non-hydrogen) atoms. The highest BCUT2D eigenvalue weighted by molar-refractivity contribution is 7.71. The fourth-order valence-electron chi connectivity index (χ4n) is 2.52. The van der Waals surface area contributed by atoms with Crippen molar-refractivity contribution in [3.05, 3.63) is 79.8 Å². The molecule has 3 aromatic rings. The number of nitrogens with one attached hydrogen (secondary N) is 1. The number of rotatable bonds is 5. The molecule has 7 nitrogen and oxygen atoms in total. The number of carbonyl (C=O) groups excluding carboxylic acids is 1. The second-order valence-corrected chi connectivity index (χ2v) is 6.66. The van der Waals surface area contributed by atoms with Crippen molar-refractivity contribution in [3.8, 4) is 11.6 Å². The first-order chi connectivity index (χ1) is 13.9. The molecule has 0 fully saturated rings. The van der Waals surface area contributed by atoms with Gasteiger partial charge in [-0.2, -0.15) is 0 Å². The van der Waals surface area contributed by atoms with E-state index in [4.69, 9.17) is 28.6 Å². The van der Waals surface area contributed by atoms with Crippen LogP contribution in [0, 0.1) is 4.77 Å². The number of carbonyl (C=O) groups is 1. The molecule has 0 aliphatic carbocycles. The summed E-state index contributed by atoms with van der Waals surface area (Å²) in [7, 11) is 0. The fourth-order valence-corrected chi connectivity index (χ4v) is 2.93. The molecule has 0 atom stereocenters. The summed E-state index contributed by atoms with van der Waals surface area (Å²) in [5.74, 6) is -0.782. The highest BCUT2D eigenvalue weighted by Gasteiger charge is 2.13. The minimum Gasteiger partial charge on any atom is -0.494 e. The number of esters is 1. The minimum absolute atomic E-state index is 0.0331. The van der Waals surface area contributed by atoms with Crippen LogP contribution < -0.4 is 5.56 Å². The van der Waals surface area contributed by atoms with Gasteiger partial charge in [-0.05, 0) is 67.7 Å². The van der Waals surface area contributed by atoms with Crippen molar-refractivity contribution in [1.82, 2.24) is 9.55 Å². The van der Waals surface area contributed by atoms with Gasteiger partial charge in [0.15, 0.2) is 4.77 Å². The van der Waals surface area contributed by atoms with Crippen LogP contribution in [-0.4, -0.2) is 33.4 Å². The van der Waals surface area contributed by atoms with E-state index in [0.717, 1.165) is 0 Å². The van der Waals surface area contributed by atoms with Crippen LogP contribution in [0.2, 0.25) is 5.02 Å². The molecule has 3 rings (SSSR count). The van der Waals surface area contributed by atoms with Gasteiger partial charge in [0, 0.05) is 11.2 Å². The lowest BCUT2D eigenvalue weighted by molar-refractivity contribution is 0.0526. The van der Waals surface area contributed by atoms with E-state index in [1.54, 1.807) is 55.5 Å². The molecule has 0 saturated carbocycles. The summed E-state index contributed by atoms with van der Waals surface area (Å²) in [6.07, 6.45) is 1.23. The first-order valence-corrected chi connectivity index (χ1v) is 9.35. The zero-order chi connectivity index (χ0) is 21.0. The SMILES string of the molecule is CCOC(=O)c1ccc(N=Cc2c(O)n(-c3ccc(Cl)cc3)c(=S)[nH]c2=O)cc1. The molecule has 1 heterocycles. The van der Waals surface area contributed by atoms with Gasteiger partial charge in [-0.1, -0.05) is 11.6 Å². The Morgan fingerprint density at radius 2 is 1.90 bits per heavy atom. The number of hydrogen-bond donors (Lipinski definition) is 2. The summed E-state index contributed by atoms with van der Waals surface area (Å²) in [6.45, 7) is 2.01. The number of aliphatic imine (C=N–C) groups is 1. The summed E-state index contributed by atoms with van der Waals surface area (Å²) < 4.78 is 6.26. The number of halogens is 1. The summed E-state index contributed by atoms with van der Waals surface area (Å²) in [5, 5.41) is 11.1. The zero-order valence-corrected chi connectivity index (χ0v) is 16.8. The largest absolute Gasteiger partial charge is 0.494 e. The number of H-pyrrole nitrogens is 1. The molecule has 0 bridgehead atoms. The first-order valence-electron chi connectivity index (χ1n) is 8.56. The van der Waals surface area contributed by atoms with Gasteiger partial charge < -0.3 is 9.84 Å². The number of benzene rings is 2. The smallest absolute Gasteiger partial charge is 0.338 e. The Hall–Kier alpha value is -3.23. The Morgan fingerprint density at radius 1 is 1.24 bits per heavy atom. The van der Waals surface area contributed by atoms with Crippen LogP contribution in [0.3, 0.4) is 0 Å². The second kappa shape index (κ2) is 8.85. The summed E-state index contributed by atoms with van der Waals surface area (Å²) in [5.41, 5.74) is 0.758. The highest BCUT2D eigenvalue weighted by atomic mass is 35.5. The van der Waals surface area contributed by atoms with Crippen LogP contribution in [-0.2, 0) is 4.74 Å². The molecular formula is C20H16ClN3O4S. The average Bonchev–Trinajstić information content (AvgIpc) is 2.69. The lowest BCUT2D eigenvalue weighted by atomic mass is 10.2. The van der Waals surface area contributed by atoms with Crippen molar-refractivity contribution in [1.29, 1.82) is 0 Å². The Labute approximate surface area is 175 Å². The van der Waals surface area contributed by atoms with E-state index in [9.17, 15) is 14.7 Å².